The second-order valence-corrected chi connectivity index (χ2v) is 9.05. The third-order valence-electron chi connectivity index (χ3n) is 5.73. The van der Waals surface area contributed by atoms with Crippen molar-refractivity contribution >= 4 is 40.4 Å². The Balaban J connectivity index is 0.000000480. The van der Waals surface area contributed by atoms with Gasteiger partial charge in [-0.25, -0.2) is 0 Å². The number of fused-ring (bicyclic) bond motifs is 1. The van der Waals surface area contributed by atoms with E-state index in [0.717, 1.165) is 45.1 Å². The fourth-order valence-electron chi connectivity index (χ4n) is 4.08. The molecule has 7 nitrogen and oxygen atoms in total. The first-order valence-corrected chi connectivity index (χ1v) is 12.4. The number of aliphatic hydroxyl groups is 1. The van der Waals surface area contributed by atoms with Crippen molar-refractivity contribution in [1.82, 2.24) is 25.6 Å². The van der Waals surface area contributed by atoms with E-state index in [1.165, 1.54) is 0 Å². The van der Waals surface area contributed by atoms with Gasteiger partial charge in [-0.2, -0.15) is 5.10 Å². The van der Waals surface area contributed by atoms with Gasteiger partial charge in [0.1, 0.15) is 0 Å². The highest BCUT2D eigenvalue weighted by Crippen LogP contribution is 2.39. The van der Waals surface area contributed by atoms with E-state index < -0.39 is 0 Å². The van der Waals surface area contributed by atoms with Crippen molar-refractivity contribution in [2.24, 2.45) is 0 Å². The Morgan fingerprint density at radius 1 is 1.03 bits per heavy atom. The number of aldehydes is 1. The molecule has 0 saturated heterocycles. The first-order chi connectivity index (χ1) is 18.0. The number of hydrogen-bond donors (Lipinski definition) is 4. The average Bonchev–Trinajstić information content (AvgIpc) is 3.49. The van der Waals surface area contributed by atoms with Gasteiger partial charge in [-0.05, 0) is 42.4 Å². The zero-order valence-corrected chi connectivity index (χ0v) is 21.7. The van der Waals surface area contributed by atoms with Gasteiger partial charge in [-0.3, -0.25) is 20.3 Å². The average molecular weight is 536 g/mol. The molecule has 9 heteroatoms. The number of carbonyl (C=O) groups is 1. The predicted molar refractivity (Wildman–Crippen MR) is 150 cm³/mol. The molecule has 0 aliphatic rings. The number of hydrogen-bond acceptors (Lipinski definition) is 5. The zero-order chi connectivity index (χ0) is 26.2. The lowest BCUT2D eigenvalue weighted by Crippen LogP contribution is -2.29. The maximum Gasteiger partial charge on any atom is 0.166 e. The van der Waals surface area contributed by atoms with Crippen LogP contribution in [-0.2, 0) is 6.54 Å². The molecule has 190 valence electrons. The standard InChI is InChI=1S/C25H17Cl2N3O.C3H10N2O/c26-18-8-6-16(7-9-18)14-30-25(21(13-28-30)17-4-2-1-3-5-17)24-20-11-10-19(27)12-22(20)29-23(24)15-31;1-4-5-2-3-6/h1-13,15,29H,14H2;4-6H,2-3H2,1H3. The lowest BCUT2D eigenvalue weighted by molar-refractivity contribution is 0.112. The number of nitrogens with zero attached hydrogens (tertiary/aromatic N) is 2. The summed E-state index contributed by atoms with van der Waals surface area (Å²) in [5, 5.41) is 15.0. The summed E-state index contributed by atoms with van der Waals surface area (Å²) in [7, 11) is 1.76. The highest BCUT2D eigenvalue weighted by Gasteiger charge is 2.22. The van der Waals surface area contributed by atoms with E-state index in [1.807, 2.05) is 83.7 Å². The number of rotatable bonds is 8. The number of aliphatic hydroxyl groups excluding tert-OH is 1. The van der Waals surface area contributed by atoms with E-state index in [-0.39, 0.29) is 6.61 Å². The normalized spacial score (nSPS) is 10.8. The fourth-order valence-corrected chi connectivity index (χ4v) is 4.37. The number of aromatic nitrogens is 3. The molecular formula is C28H27Cl2N5O2. The van der Waals surface area contributed by atoms with Crippen LogP contribution in [0.2, 0.25) is 10.0 Å². The number of benzene rings is 3. The molecule has 5 rings (SSSR count). The van der Waals surface area contributed by atoms with Gasteiger partial charge in [-0.15, -0.1) is 0 Å². The first kappa shape index (κ1) is 26.6. The van der Waals surface area contributed by atoms with Crippen LogP contribution in [0.4, 0.5) is 0 Å². The Bertz CT molecular complexity index is 1460. The first-order valence-electron chi connectivity index (χ1n) is 11.7. The largest absolute Gasteiger partial charge is 0.395 e. The third kappa shape index (κ3) is 6.28. The van der Waals surface area contributed by atoms with E-state index in [4.69, 9.17) is 33.4 Å². The molecule has 3 aromatic carbocycles. The van der Waals surface area contributed by atoms with Gasteiger partial charge in [0.2, 0.25) is 0 Å². The third-order valence-corrected chi connectivity index (χ3v) is 6.21. The second-order valence-electron chi connectivity index (χ2n) is 8.18. The Labute approximate surface area is 225 Å². The van der Waals surface area contributed by atoms with Gasteiger partial charge in [0.25, 0.3) is 0 Å². The number of nitrogens with one attached hydrogen (secondary N) is 3. The number of hydrazine groups is 1. The van der Waals surface area contributed by atoms with Gasteiger partial charge < -0.3 is 10.1 Å². The molecule has 0 unspecified atom stereocenters. The molecule has 0 amide bonds. The molecule has 0 spiro atoms. The van der Waals surface area contributed by atoms with Gasteiger partial charge in [0.15, 0.2) is 6.29 Å². The summed E-state index contributed by atoms with van der Waals surface area (Å²) >= 11 is 12.2. The lowest BCUT2D eigenvalue weighted by Gasteiger charge is -2.11. The van der Waals surface area contributed by atoms with E-state index in [1.54, 1.807) is 7.05 Å². The maximum absolute atomic E-state index is 12.0. The van der Waals surface area contributed by atoms with Crippen LogP contribution in [0.25, 0.3) is 33.3 Å². The fraction of sp³-hybridized carbons (Fsp3) is 0.143. The van der Waals surface area contributed by atoms with Crippen molar-refractivity contribution in [1.29, 1.82) is 0 Å². The monoisotopic (exact) mass is 535 g/mol. The molecule has 2 heterocycles. The summed E-state index contributed by atoms with van der Waals surface area (Å²) in [5.74, 6) is 0. The number of H-pyrrole nitrogens is 1. The molecule has 0 atom stereocenters. The van der Waals surface area contributed by atoms with Crippen LogP contribution in [0.3, 0.4) is 0 Å². The minimum Gasteiger partial charge on any atom is -0.395 e. The van der Waals surface area contributed by atoms with Crippen molar-refractivity contribution in [2.75, 3.05) is 20.2 Å². The predicted octanol–water partition coefficient (Wildman–Crippen LogP) is 5.57. The molecule has 4 N–H and O–H groups in total. The second kappa shape index (κ2) is 12.7. The van der Waals surface area contributed by atoms with E-state index in [2.05, 4.69) is 15.8 Å². The van der Waals surface area contributed by atoms with Crippen LogP contribution in [0, 0.1) is 0 Å². The molecule has 2 aromatic heterocycles. The SMILES string of the molecule is CNNCCO.O=Cc1[nH]c2cc(Cl)ccc2c1-c1c(-c2ccccc2)cnn1Cc1ccc(Cl)cc1. The van der Waals surface area contributed by atoms with E-state index >= 15 is 0 Å². The lowest BCUT2D eigenvalue weighted by atomic mass is 9.99. The molecule has 0 fully saturated rings. The van der Waals surface area contributed by atoms with Crippen LogP contribution < -0.4 is 10.9 Å². The Morgan fingerprint density at radius 2 is 1.76 bits per heavy atom. The summed E-state index contributed by atoms with van der Waals surface area (Å²) < 4.78 is 1.93. The Kier molecular flexibility index (Phi) is 9.11. The summed E-state index contributed by atoms with van der Waals surface area (Å²) in [4.78, 5) is 15.2. The highest BCUT2D eigenvalue weighted by molar-refractivity contribution is 6.31. The molecule has 0 bridgehead atoms. The number of carbonyl (C=O) groups excluding carboxylic acids is 1. The zero-order valence-electron chi connectivity index (χ0n) is 20.2. The smallest absolute Gasteiger partial charge is 0.166 e. The maximum atomic E-state index is 12.0. The molecular weight excluding hydrogens is 509 g/mol. The summed E-state index contributed by atoms with van der Waals surface area (Å²) in [6.07, 6.45) is 2.70. The number of aromatic amines is 1. The van der Waals surface area contributed by atoms with Crippen molar-refractivity contribution in [3.8, 4) is 22.4 Å². The van der Waals surface area contributed by atoms with Crippen molar-refractivity contribution in [2.45, 2.75) is 6.54 Å². The molecule has 0 aliphatic heterocycles. The molecule has 5 aromatic rings. The summed E-state index contributed by atoms with van der Waals surface area (Å²) in [6, 6.07) is 23.3. The molecule has 0 radical (unpaired) electrons. The molecule has 0 aliphatic carbocycles. The summed E-state index contributed by atoms with van der Waals surface area (Å²) in [6.45, 7) is 1.33. The number of halogens is 2. The quantitative estimate of drug-likeness (QED) is 0.118. The minimum absolute atomic E-state index is 0.181. The molecule has 0 saturated carbocycles. The summed E-state index contributed by atoms with van der Waals surface area (Å²) in [5.41, 5.74) is 11.4. The van der Waals surface area contributed by atoms with Gasteiger partial charge in [0.05, 0.1) is 30.7 Å². The topological polar surface area (TPSA) is 95.0 Å². The van der Waals surface area contributed by atoms with Crippen LogP contribution in [0.5, 0.6) is 0 Å². The van der Waals surface area contributed by atoms with E-state index in [9.17, 15) is 4.79 Å². The van der Waals surface area contributed by atoms with Gasteiger partial charge >= 0.3 is 0 Å². The van der Waals surface area contributed by atoms with Crippen molar-refractivity contribution in [3.05, 3.63) is 100 Å². The van der Waals surface area contributed by atoms with Gasteiger partial charge in [-0.1, -0.05) is 71.7 Å². The Morgan fingerprint density at radius 3 is 2.41 bits per heavy atom. The minimum atomic E-state index is 0.181. The Hall–Kier alpha value is -3.46. The van der Waals surface area contributed by atoms with E-state index in [0.29, 0.717) is 28.8 Å². The van der Waals surface area contributed by atoms with Crippen LogP contribution >= 0.6 is 23.2 Å². The van der Waals surface area contributed by atoms with Crippen molar-refractivity contribution < 1.29 is 9.90 Å². The molecule has 37 heavy (non-hydrogen) atoms. The van der Waals surface area contributed by atoms with Crippen LogP contribution in [0.15, 0.2) is 79.0 Å². The van der Waals surface area contributed by atoms with Crippen LogP contribution in [-0.4, -0.2) is 46.4 Å². The van der Waals surface area contributed by atoms with Crippen molar-refractivity contribution in [3.63, 3.8) is 0 Å². The highest BCUT2D eigenvalue weighted by atomic mass is 35.5. The van der Waals surface area contributed by atoms with Crippen LogP contribution in [0.1, 0.15) is 16.1 Å². The van der Waals surface area contributed by atoms with Gasteiger partial charge in [0, 0.05) is 38.6 Å².